The topological polar surface area (TPSA) is 69.4 Å². The summed E-state index contributed by atoms with van der Waals surface area (Å²) >= 11 is 0. The fourth-order valence-corrected chi connectivity index (χ4v) is 1.87. The van der Waals surface area contributed by atoms with E-state index in [-0.39, 0.29) is 17.2 Å². The van der Waals surface area contributed by atoms with Crippen LogP contribution in [0, 0.1) is 10.1 Å². The summed E-state index contributed by atoms with van der Waals surface area (Å²) in [4.78, 5) is 21.6. The number of rotatable bonds is 2. The molecule has 15 heavy (non-hydrogen) atoms. The molecule has 0 fully saturated rings. The van der Waals surface area contributed by atoms with Gasteiger partial charge in [-0.3, -0.25) is 14.9 Å². The van der Waals surface area contributed by atoms with Crippen LogP contribution < -0.4 is 4.74 Å². The first-order chi connectivity index (χ1) is 7.15. The first-order valence-corrected chi connectivity index (χ1v) is 4.52. The molecule has 2 rings (SSSR count). The highest BCUT2D eigenvalue weighted by Crippen LogP contribution is 2.37. The lowest BCUT2D eigenvalue weighted by Crippen LogP contribution is -1.99. The highest BCUT2D eigenvalue weighted by molar-refractivity contribution is 6.01. The molecule has 0 saturated heterocycles. The van der Waals surface area contributed by atoms with Crippen molar-refractivity contribution in [2.45, 2.75) is 12.8 Å². The van der Waals surface area contributed by atoms with E-state index in [4.69, 9.17) is 4.74 Å². The van der Waals surface area contributed by atoms with Crippen molar-refractivity contribution in [3.63, 3.8) is 0 Å². The van der Waals surface area contributed by atoms with Gasteiger partial charge in [0.25, 0.3) is 0 Å². The van der Waals surface area contributed by atoms with Crippen LogP contribution in [0.4, 0.5) is 5.69 Å². The van der Waals surface area contributed by atoms with Crippen molar-refractivity contribution >= 4 is 11.5 Å². The molecule has 0 bridgehead atoms. The van der Waals surface area contributed by atoms with E-state index in [1.165, 1.54) is 19.2 Å². The summed E-state index contributed by atoms with van der Waals surface area (Å²) in [6.07, 6.45) is 0.936. The summed E-state index contributed by atoms with van der Waals surface area (Å²) < 4.78 is 5.00. The number of carbonyl (C=O) groups excluding carboxylic acids is 1. The Hall–Kier alpha value is -1.91. The number of methoxy groups -OCH3 is 1. The number of hydrogen-bond donors (Lipinski definition) is 0. The average Bonchev–Trinajstić information content (AvgIpc) is 2.59. The molecule has 0 heterocycles. The zero-order valence-corrected chi connectivity index (χ0v) is 8.15. The smallest absolute Gasteiger partial charge is 0.311 e. The van der Waals surface area contributed by atoms with Crippen LogP contribution in [0.15, 0.2) is 12.1 Å². The fraction of sp³-hybridized carbons (Fsp3) is 0.300. The summed E-state index contributed by atoms with van der Waals surface area (Å²) in [6, 6.07) is 2.83. The largest absolute Gasteiger partial charge is 0.490 e. The van der Waals surface area contributed by atoms with E-state index in [9.17, 15) is 14.9 Å². The Balaban J connectivity index is 2.65. The number of benzene rings is 1. The summed E-state index contributed by atoms with van der Waals surface area (Å²) in [6.45, 7) is 0. The predicted octanol–water partition coefficient (Wildman–Crippen LogP) is 1.73. The van der Waals surface area contributed by atoms with Gasteiger partial charge in [-0.2, -0.15) is 0 Å². The number of hydrogen-bond acceptors (Lipinski definition) is 4. The predicted molar refractivity (Wildman–Crippen MR) is 52.3 cm³/mol. The highest BCUT2D eigenvalue weighted by atomic mass is 16.6. The summed E-state index contributed by atoms with van der Waals surface area (Å²) in [7, 11) is 1.38. The number of carbonyl (C=O) groups is 1. The number of nitro groups is 1. The first-order valence-electron chi connectivity index (χ1n) is 4.52. The molecule has 0 aliphatic heterocycles. The van der Waals surface area contributed by atoms with Gasteiger partial charge in [0, 0.05) is 23.6 Å². The minimum atomic E-state index is -0.498. The van der Waals surface area contributed by atoms with Crippen molar-refractivity contribution in [2.75, 3.05) is 7.11 Å². The molecule has 0 spiro atoms. The van der Waals surface area contributed by atoms with Crippen LogP contribution in [0.3, 0.4) is 0 Å². The van der Waals surface area contributed by atoms with Gasteiger partial charge in [0.1, 0.15) is 0 Å². The van der Waals surface area contributed by atoms with Gasteiger partial charge >= 0.3 is 5.69 Å². The summed E-state index contributed by atoms with van der Waals surface area (Å²) in [5, 5.41) is 10.7. The Labute approximate surface area is 85.8 Å². The molecule has 78 valence electrons. The second kappa shape index (κ2) is 3.34. The number of ketones is 1. The van der Waals surface area contributed by atoms with Gasteiger partial charge in [0.15, 0.2) is 5.78 Å². The number of nitrogens with zero attached hydrogens (tertiary/aromatic N) is 1. The quantitative estimate of drug-likeness (QED) is 0.547. The summed E-state index contributed by atoms with van der Waals surface area (Å²) in [5.74, 6) is 0.251. The maximum absolute atomic E-state index is 11.4. The molecule has 1 aliphatic carbocycles. The number of nitro benzene ring substituents is 1. The first kappa shape index (κ1) is 9.64. The molecule has 0 atom stereocenters. The van der Waals surface area contributed by atoms with Gasteiger partial charge in [-0.05, 0) is 12.5 Å². The van der Waals surface area contributed by atoms with Gasteiger partial charge in [-0.25, -0.2) is 0 Å². The third-order valence-electron chi connectivity index (χ3n) is 2.54. The third kappa shape index (κ3) is 1.36. The second-order valence-corrected chi connectivity index (χ2v) is 3.32. The Bertz CT molecular complexity index is 453. The molecule has 0 amide bonds. The molecule has 1 aromatic carbocycles. The highest BCUT2D eigenvalue weighted by Gasteiger charge is 2.28. The lowest BCUT2D eigenvalue weighted by atomic mass is 10.1. The van der Waals surface area contributed by atoms with Crippen LogP contribution in [-0.2, 0) is 6.42 Å². The monoisotopic (exact) mass is 207 g/mol. The molecule has 1 aliphatic rings. The van der Waals surface area contributed by atoms with Crippen molar-refractivity contribution in [3.05, 3.63) is 33.4 Å². The number of fused-ring (bicyclic) bond motifs is 1. The van der Waals surface area contributed by atoms with Crippen LogP contribution >= 0.6 is 0 Å². The summed E-state index contributed by atoms with van der Waals surface area (Å²) in [5.41, 5.74) is 1.14. The lowest BCUT2D eigenvalue weighted by molar-refractivity contribution is -0.385. The molecule has 5 heteroatoms. The van der Waals surface area contributed by atoms with Crippen molar-refractivity contribution in [1.82, 2.24) is 0 Å². The standard InChI is InChI=1S/C10H9NO4/c1-15-10-7-3-5-9(12)6(7)2-4-8(10)11(13)14/h2,4H,3,5H2,1H3. The van der Waals surface area contributed by atoms with Crippen LogP contribution in [0.5, 0.6) is 5.75 Å². The molecule has 0 saturated carbocycles. The Kier molecular flexibility index (Phi) is 2.15. The van der Waals surface area contributed by atoms with Crippen molar-refractivity contribution in [1.29, 1.82) is 0 Å². The van der Waals surface area contributed by atoms with Gasteiger partial charge in [-0.15, -0.1) is 0 Å². The van der Waals surface area contributed by atoms with Gasteiger partial charge < -0.3 is 4.74 Å². The SMILES string of the molecule is COc1c([N+](=O)[O-])ccc2c1CCC2=O. The van der Waals surface area contributed by atoms with Crippen LogP contribution in [0.25, 0.3) is 0 Å². The maximum Gasteiger partial charge on any atom is 0.311 e. The van der Waals surface area contributed by atoms with Gasteiger partial charge in [0.2, 0.25) is 5.75 Å². The Morgan fingerprint density at radius 2 is 2.13 bits per heavy atom. The van der Waals surface area contributed by atoms with E-state index < -0.39 is 4.92 Å². The Morgan fingerprint density at radius 3 is 2.73 bits per heavy atom. The van der Waals surface area contributed by atoms with E-state index in [1.807, 2.05) is 0 Å². The molecule has 5 nitrogen and oxygen atoms in total. The van der Waals surface area contributed by atoms with E-state index in [0.29, 0.717) is 24.0 Å². The fourth-order valence-electron chi connectivity index (χ4n) is 1.87. The van der Waals surface area contributed by atoms with E-state index >= 15 is 0 Å². The third-order valence-corrected chi connectivity index (χ3v) is 2.54. The normalized spacial score (nSPS) is 13.8. The second-order valence-electron chi connectivity index (χ2n) is 3.32. The maximum atomic E-state index is 11.4. The van der Waals surface area contributed by atoms with Crippen molar-refractivity contribution in [3.8, 4) is 5.75 Å². The van der Waals surface area contributed by atoms with E-state index in [0.717, 1.165) is 0 Å². The molecule has 0 unspecified atom stereocenters. The van der Waals surface area contributed by atoms with E-state index in [2.05, 4.69) is 0 Å². The minimum Gasteiger partial charge on any atom is -0.490 e. The van der Waals surface area contributed by atoms with Crippen LogP contribution in [0.1, 0.15) is 22.3 Å². The lowest BCUT2D eigenvalue weighted by Gasteiger charge is -2.06. The zero-order valence-electron chi connectivity index (χ0n) is 8.15. The van der Waals surface area contributed by atoms with Crippen molar-refractivity contribution < 1.29 is 14.5 Å². The van der Waals surface area contributed by atoms with Crippen LogP contribution in [-0.4, -0.2) is 17.8 Å². The molecule has 0 radical (unpaired) electrons. The van der Waals surface area contributed by atoms with Crippen LogP contribution in [0.2, 0.25) is 0 Å². The Morgan fingerprint density at radius 1 is 1.40 bits per heavy atom. The number of ether oxygens (including phenoxy) is 1. The average molecular weight is 207 g/mol. The minimum absolute atomic E-state index is 0.0261. The van der Waals surface area contributed by atoms with Gasteiger partial charge in [0.05, 0.1) is 12.0 Å². The zero-order chi connectivity index (χ0) is 11.0. The number of Topliss-reactive ketones (excluding diaryl/α,β-unsaturated/α-hetero) is 1. The molecular formula is C10H9NO4. The van der Waals surface area contributed by atoms with Gasteiger partial charge in [-0.1, -0.05) is 0 Å². The molecule has 0 aromatic heterocycles. The molecular weight excluding hydrogens is 198 g/mol. The molecule has 0 N–H and O–H groups in total. The van der Waals surface area contributed by atoms with Crippen molar-refractivity contribution in [2.24, 2.45) is 0 Å². The van der Waals surface area contributed by atoms with E-state index in [1.54, 1.807) is 0 Å². The molecule has 1 aromatic rings.